The fourth-order valence-electron chi connectivity index (χ4n) is 2.72. The van der Waals surface area contributed by atoms with Gasteiger partial charge in [-0.05, 0) is 35.4 Å². The van der Waals surface area contributed by atoms with Crippen LogP contribution in [0.15, 0.2) is 59.9 Å². The van der Waals surface area contributed by atoms with Gasteiger partial charge in [0.25, 0.3) is 0 Å². The molecule has 0 bridgehead atoms. The molecule has 146 valence electrons. The predicted octanol–water partition coefficient (Wildman–Crippen LogP) is 3.51. The minimum Gasteiger partial charge on any atom is -0.497 e. The van der Waals surface area contributed by atoms with Crippen LogP contribution in [0.4, 0.5) is 0 Å². The van der Waals surface area contributed by atoms with Crippen molar-refractivity contribution in [3.8, 4) is 5.75 Å². The van der Waals surface area contributed by atoms with E-state index in [1.165, 1.54) is 7.11 Å². The highest BCUT2D eigenvalue weighted by molar-refractivity contribution is 7.98. The molecule has 0 radical (unpaired) electrons. The van der Waals surface area contributed by atoms with Gasteiger partial charge < -0.3 is 19.1 Å². The molecule has 0 aliphatic carbocycles. The highest BCUT2D eigenvalue weighted by Gasteiger charge is 2.12. The molecule has 0 spiro atoms. The molecular weight excluding hydrogens is 376 g/mol. The minimum absolute atomic E-state index is 0.0719. The number of imidazole rings is 1. The Morgan fingerprint density at radius 2 is 1.75 bits per heavy atom. The van der Waals surface area contributed by atoms with E-state index in [2.05, 4.69) is 4.98 Å². The van der Waals surface area contributed by atoms with Crippen LogP contribution in [0.5, 0.6) is 5.75 Å². The standard InChI is InChI=1S/C21H22N2O4S/c1-26-19-9-5-15(6-10-19)12-23-18(13-24)11-22-21(23)28-14-16-3-7-17(8-4-16)20(25)27-2/h3-11,24H,12-14H2,1-2H3. The number of aromatic nitrogens is 2. The first kappa shape index (κ1) is 20.0. The van der Waals surface area contributed by atoms with Crippen molar-refractivity contribution in [2.75, 3.05) is 14.2 Å². The van der Waals surface area contributed by atoms with Crippen LogP contribution < -0.4 is 4.74 Å². The Morgan fingerprint density at radius 3 is 2.36 bits per heavy atom. The van der Waals surface area contributed by atoms with Crippen LogP contribution in [0.2, 0.25) is 0 Å². The highest BCUT2D eigenvalue weighted by Crippen LogP contribution is 2.25. The number of aliphatic hydroxyl groups is 1. The highest BCUT2D eigenvalue weighted by atomic mass is 32.2. The Kier molecular flexibility index (Phi) is 6.73. The molecule has 0 aliphatic heterocycles. The van der Waals surface area contributed by atoms with Gasteiger partial charge in [0.05, 0.1) is 38.3 Å². The Bertz CT molecular complexity index is 921. The predicted molar refractivity (Wildman–Crippen MR) is 108 cm³/mol. The van der Waals surface area contributed by atoms with E-state index in [0.717, 1.165) is 27.7 Å². The number of benzene rings is 2. The van der Waals surface area contributed by atoms with E-state index in [-0.39, 0.29) is 12.6 Å². The molecule has 0 amide bonds. The second-order valence-corrected chi connectivity index (χ2v) is 7.04. The van der Waals surface area contributed by atoms with Crippen molar-refractivity contribution < 1.29 is 19.4 Å². The topological polar surface area (TPSA) is 73.6 Å². The molecular formula is C21H22N2O4S. The number of esters is 1. The molecule has 0 unspecified atom stereocenters. The van der Waals surface area contributed by atoms with Gasteiger partial charge in [0.2, 0.25) is 0 Å². The molecule has 28 heavy (non-hydrogen) atoms. The zero-order valence-electron chi connectivity index (χ0n) is 15.8. The number of thioether (sulfide) groups is 1. The molecule has 1 heterocycles. The number of aliphatic hydroxyl groups excluding tert-OH is 1. The van der Waals surface area contributed by atoms with Crippen LogP contribution in [-0.2, 0) is 23.6 Å². The molecule has 1 aromatic heterocycles. The Balaban J connectivity index is 1.71. The first-order valence-electron chi connectivity index (χ1n) is 8.73. The molecule has 2 aromatic carbocycles. The van der Waals surface area contributed by atoms with E-state index < -0.39 is 0 Å². The number of rotatable bonds is 8. The van der Waals surface area contributed by atoms with Gasteiger partial charge in [0, 0.05) is 12.3 Å². The molecule has 0 saturated heterocycles. The van der Waals surface area contributed by atoms with Crippen molar-refractivity contribution in [1.29, 1.82) is 0 Å². The van der Waals surface area contributed by atoms with Gasteiger partial charge in [-0.2, -0.15) is 0 Å². The largest absolute Gasteiger partial charge is 0.497 e. The van der Waals surface area contributed by atoms with Crippen molar-refractivity contribution >= 4 is 17.7 Å². The maximum atomic E-state index is 11.5. The van der Waals surface area contributed by atoms with Gasteiger partial charge >= 0.3 is 5.97 Å². The second-order valence-electron chi connectivity index (χ2n) is 6.10. The van der Waals surface area contributed by atoms with Crippen molar-refractivity contribution in [2.45, 2.75) is 24.1 Å². The smallest absolute Gasteiger partial charge is 0.337 e. The number of hydrogen-bond donors (Lipinski definition) is 1. The lowest BCUT2D eigenvalue weighted by atomic mass is 10.1. The van der Waals surface area contributed by atoms with E-state index in [1.54, 1.807) is 37.2 Å². The number of ether oxygens (including phenoxy) is 2. The average molecular weight is 398 g/mol. The fraction of sp³-hybridized carbons (Fsp3) is 0.238. The Morgan fingerprint density at radius 1 is 1.07 bits per heavy atom. The number of carbonyl (C=O) groups is 1. The lowest BCUT2D eigenvalue weighted by molar-refractivity contribution is 0.0600. The summed E-state index contributed by atoms with van der Waals surface area (Å²) in [5.74, 6) is 1.16. The molecule has 7 heteroatoms. The maximum Gasteiger partial charge on any atom is 0.337 e. The molecule has 1 N–H and O–H groups in total. The molecule has 0 fully saturated rings. The van der Waals surface area contributed by atoms with Crippen LogP contribution in [-0.4, -0.2) is 34.8 Å². The summed E-state index contributed by atoms with van der Waals surface area (Å²) in [6, 6.07) is 15.2. The van der Waals surface area contributed by atoms with Crippen LogP contribution in [0, 0.1) is 0 Å². The Labute approximate surface area is 168 Å². The normalized spacial score (nSPS) is 10.7. The van der Waals surface area contributed by atoms with Crippen molar-refractivity contribution in [2.24, 2.45) is 0 Å². The summed E-state index contributed by atoms with van der Waals surface area (Å²) in [4.78, 5) is 16.0. The molecule has 0 atom stereocenters. The minimum atomic E-state index is -0.346. The fourth-order valence-corrected chi connectivity index (χ4v) is 3.67. The van der Waals surface area contributed by atoms with Gasteiger partial charge in [-0.25, -0.2) is 9.78 Å². The monoisotopic (exact) mass is 398 g/mol. The third-order valence-electron chi connectivity index (χ3n) is 4.31. The maximum absolute atomic E-state index is 11.5. The van der Waals surface area contributed by atoms with Crippen LogP contribution >= 0.6 is 11.8 Å². The number of nitrogens with zero attached hydrogens (tertiary/aromatic N) is 2. The summed E-state index contributed by atoms with van der Waals surface area (Å²) in [6.45, 7) is 0.543. The molecule has 0 saturated carbocycles. The lowest BCUT2D eigenvalue weighted by Gasteiger charge is -2.11. The SMILES string of the molecule is COC(=O)c1ccc(CSc2ncc(CO)n2Cc2ccc(OC)cc2)cc1. The quantitative estimate of drug-likeness (QED) is 0.462. The van der Waals surface area contributed by atoms with E-state index in [0.29, 0.717) is 17.9 Å². The molecule has 0 aliphatic rings. The molecule has 3 rings (SSSR count). The number of carbonyl (C=O) groups excluding carboxylic acids is 1. The van der Waals surface area contributed by atoms with Gasteiger partial charge in [-0.3, -0.25) is 0 Å². The van der Waals surface area contributed by atoms with Crippen LogP contribution in [0.1, 0.15) is 27.2 Å². The van der Waals surface area contributed by atoms with E-state index in [4.69, 9.17) is 9.47 Å². The van der Waals surface area contributed by atoms with Crippen LogP contribution in [0.25, 0.3) is 0 Å². The Hall–Kier alpha value is -2.77. The van der Waals surface area contributed by atoms with E-state index in [9.17, 15) is 9.90 Å². The zero-order chi connectivity index (χ0) is 19.9. The van der Waals surface area contributed by atoms with Crippen LogP contribution in [0.3, 0.4) is 0 Å². The van der Waals surface area contributed by atoms with Gasteiger partial charge in [0.15, 0.2) is 5.16 Å². The number of methoxy groups -OCH3 is 2. The third kappa shape index (κ3) is 4.74. The summed E-state index contributed by atoms with van der Waals surface area (Å²) in [6.07, 6.45) is 1.70. The summed E-state index contributed by atoms with van der Waals surface area (Å²) < 4.78 is 11.9. The first-order valence-corrected chi connectivity index (χ1v) is 9.71. The van der Waals surface area contributed by atoms with Crippen molar-refractivity contribution in [3.63, 3.8) is 0 Å². The summed E-state index contributed by atoms with van der Waals surface area (Å²) in [7, 11) is 3.01. The molecule has 6 nitrogen and oxygen atoms in total. The average Bonchev–Trinajstić information content (AvgIpc) is 3.14. The summed E-state index contributed by atoms with van der Waals surface area (Å²) >= 11 is 1.58. The zero-order valence-corrected chi connectivity index (χ0v) is 16.6. The second kappa shape index (κ2) is 9.43. The summed E-state index contributed by atoms with van der Waals surface area (Å²) in [5.41, 5.74) is 3.46. The van der Waals surface area contributed by atoms with Gasteiger partial charge in [0.1, 0.15) is 5.75 Å². The third-order valence-corrected chi connectivity index (χ3v) is 5.37. The van der Waals surface area contributed by atoms with Gasteiger partial charge in [-0.15, -0.1) is 0 Å². The van der Waals surface area contributed by atoms with E-state index in [1.807, 2.05) is 41.0 Å². The van der Waals surface area contributed by atoms with Gasteiger partial charge in [-0.1, -0.05) is 36.0 Å². The van der Waals surface area contributed by atoms with Crippen molar-refractivity contribution in [1.82, 2.24) is 9.55 Å². The summed E-state index contributed by atoms with van der Waals surface area (Å²) in [5, 5.41) is 10.5. The first-order chi connectivity index (χ1) is 13.6. The van der Waals surface area contributed by atoms with E-state index >= 15 is 0 Å². The van der Waals surface area contributed by atoms with Crippen molar-refractivity contribution in [3.05, 3.63) is 77.1 Å². The number of hydrogen-bond acceptors (Lipinski definition) is 6. The molecule has 3 aromatic rings. The lowest BCUT2D eigenvalue weighted by Crippen LogP contribution is -2.06.